The lowest BCUT2D eigenvalue weighted by Crippen LogP contribution is -2.49. The van der Waals surface area contributed by atoms with Crippen LogP contribution < -0.4 is 5.32 Å². The van der Waals surface area contributed by atoms with Gasteiger partial charge in [-0.15, -0.1) is 0 Å². The smallest absolute Gasteiger partial charge is 0.242 e. The van der Waals surface area contributed by atoms with Gasteiger partial charge in [-0.05, 0) is 57.4 Å². The Bertz CT molecular complexity index is 803. The average Bonchev–Trinajstić information content (AvgIpc) is 2.64. The molecule has 1 unspecified atom stereocenters. The van der Waals surface area contributed by atoms with Crippen molar-refractivity contribution in [3.05, 3.63) is 69.7 Å². The number of hydrogen-bond acceptors (Lipinski definition) is 2. The fraction of sp³-hybridized carbons (Fsp3) is 0.391. The van der Waals surface area contributed by atoms with E-state index in [-0.39, 0.29) is 17.9 Å². The molecule has 0 saturated heterocycles. The van der Waals surface area contributed by atoms with E-state index in [9.17, 15) is 9.59 Å². The molecule has 0 aliphatic carbocycles. The molecule has 0 saturated carbocycles. The van der Waals surface area contributed by atoms with E-state index in [1.807, 2.05) is 45.0 Å². The van der Waals surface area contributed by atoms with Crippen molar-refractivity contribution in [1.82, 2.24) is 10.2 Å². The van der Waals surface area contributed by atoms with E-state index < -0.39 is 6.04 Å². The van der Waals surface area contributed by atoms with Crippen LogP contribution in [-0.2, 0) is 22.6 Å². The summed E-state index contributed by atoms with van der Waals surface area (Å²) in [5, 5.41) is 2.91. The highest BCUT2D eigenvalue weighted by atomic mass is 79.9. The zero-order valence-electron chi connectivity index (χ0n) is 17.0. The molecule has 0 bridgehead atoms. The van der Waals surface area contributed by atoms with Crippen LogP contribution in [0.1, 0.15) is 43.9 Å². The van der Waals surface area contributed by atoms with Gasteiger partial charge in [0.25, 0.3) is 0 Å². The fourth-order valence-corrected chi connectivity index (χ4v) is 3.42. The first kappa shape index (κ1) is 22.2. The van der Waals surface area contributed by atoms with Gasteiger partial charge in [0.1, 0.15) is 6.04 Å². The minimum absolute atomic E-state index is 0.0213. The van der Waals surface area contributed by atoms with Gasteiger partial charge in [-0.2, -0.15) is 0 Å². The number of hydrogen-bond donors (Lipinski definition) is 1. The highest BCUT2D eigenvalue weighted by molar-refractivity contribution is 9.10. The third kappa shape index (κ3) is 6.79. The highest BCUT2D eigenvalue weighted by Gasteiger charge is 2.26. The van der Waals surface area contributed by atoms with Crippen LogP contribution in [0, 0.1) is 6.92 Å². The third-order valence-electron chi connectivity index (χ3n) is 4.59. The van der Waals surface area contributed by atoms with Crippen molar-refractivity contribution in [2.75, 3.05) is 0 Å². The molecular formula is C23H29BrN2O2. The molecule has 0 aliphatic heterocycles. The SMILES string of the molecule is Cc1ccc(CCC(=O)N(Cc2cccc(Br)c2)C(C)C(=O)NC(C)C)cc1. The quantitative estimate of drug-likeness (QED) is 0.644. The number of halogens is 1. The Labute approximate surface area is 176 Å². The standard InChI is InChI=1S/C23H29BrN2O2/c1-16(2)25-23(28)18(4)26(15-20-6-5-7-21(24)14-20)22(27)13-12-19-10-8-17(3)9-11-19/h5-11,14,16,18H,12-13,15H2,1-4H3,(H,25,28). The van der Waals surface area contributed by atoms with Crippen molar-refractivity contribution in [1.29, 1.82) is 0 Å². The van der Waals surface area contributed by atoms with E-state index in [0.717, 1.165) is 15.6 Å². The van der Waals surface area contributed by atoms with Crippen molar-refractivity contribution in [2.45, 2.75) is 59.2 Å². The topological polar surface area (TPSA) is 49.4 Å². The molecule has 0 spiro atoms. The monoisotopic (exact) mass is 444 g/mol. The summed E-state index contributed by atoms with van der Waals surface area (Å²) in [5.41, 5.74) is 3.31. The Hall–Kier alpha value is -2.14. The van der Waals surface area contributed by atoms with E-state index >= 15 is 0 Å². The normalized spacial score (nSPS) is 11.9. The Balaban J connectivity index is 2.14. The van der Waals surface area contributed by atoms with Gasteiger partial charge in [-0.25, -0.2) is 0 Å². The first-order valence-corrected chi connectivity index (χ1v) is 10.5. The molecule has 2 aromatic carbocycles. The molecule has 2 aromatic rings. The van der Waals surface area contributed by atoms with Gasteiger partial charge in [-0.1, -0.05) is 57.9 Å². The molecule has 0 radical (unpaired) electrons. The molecule has 0 heterocycles. The molecule has 2 amide bonds. The zero-order chi connectivity index (χ0) is 20.7. The Morgan fingerprint density at radius 3 is 2.32 bits per heavy atom. The van der Waals surface area contributed by atoms with Gasteiger partial charge < -0.3 is 10.2 Å². The number of benzene rings is 2. The summed E-state index contributed by atoms with van der Waals surface area (Å²) in [6, 6.07) is 15.5. The summed E-state index contributed by atoms with van der Waals surface area (Å²) in [6.45, 7) is 8.08. The van der Waals surface area contributed by atoms with Gasteiger partial charge in [-0.3, -0.25) is 9.59 Å². The van der Waals surface area contributed by atoms with E-state index in [4.69, 9.17) is 0 Å². The van der Waals surface area contributed by atoms with E-state index in [2.05, 4.69) is 45.5 Å². The van der Waals surface area contributed by atoms with Gasteiger partial charge in [0.2, 0.25) is 11.8 Å². The van der Waals surface area contributed by atoms with Gasteiger partial charge in [0, 0.05) is 23.5 Å². The van der Waals surface area contributed by atoms with Crippen LogP contribution >= 0.6 is 15.9 Å². The van der Waals surface area contributed by atoms with Gasteiger partial charge >= 0.3 is 0 Å². The number of carbonyl (C=O) groups excluding carboxylic acids is 2. The first-order chi connectivity index (χ1) is 13.3. The average molecular weight is 445 g/mol. The number of carbonyl (C=O) groups is 2. The number of amides is 2. The number of nitrogens with one attached hydrogen (secondary N) is 1. The summed E-state index contributed by atoms with van der Waals surface area (Å²) in [4.78, 5) is 27.3. The minimum atomic E-state index is -0.535. The van der Waals surface area contributed by atoms with Crippen LogP contribution in [0.15, 0.2) is 53.0 Å². The highest BCUT2D eigenvalue weighted by Crippen LogP contribution is 2.17. The van der Waals surface area contributed by atoms with Crippen LogP contribution in [0.25, 0.3) is 0 Å². The van der Waals surface area contributed by atoms with Crippen molar-refractivity contribution < 1.29 is 9.59 Å². The molecule has 2 rings (SSSR count). The summed E-state index contributed by atoms with van der Waals surface area (Å²) in [6.07, 6.45) is 1.03. The summed E-state index contributed by atoms with van der Waals surface area (Å²) in [7, 11) is 0. The summed E-state index contributed by atoms with van der Waals surface area (Å²) < 4.78 is 0.955. The minimum Gasteiger partial charge on any atom is -0.352 e. The van der Waals surface area contributed by atoms with Crippen LogP contribution in [0.4, 0.5) is 0 Å². The lowest BCUT2D eigenvalue weighted by molar-refractivity contribution is -0.140. The van der Waals surface area contributed by atoms with E-state index in [1.54, 1.807) is 11.8 Å². The molecule has 1 atom stereocenters. The molecule has 0 aliphatic rings. The van der Waals surface area contributed by atoms with Crippen LogP contribution in [0.3, 0.4) is 0 Å². The summed E-state index contributed by atoms with van der Waals surface area (Å²) in [5.74, 6) is -0.152. The van der Waals surface area contributed by atoms with Gasteiger partial charge in [0.05, 0.1) is 0 Å². The van der Waals surface area contributed by atoms with E-state index in [1.165, 1.54) is 5.56 Å². The Kier molecular flexibility index (Phi) is 8.24. The van der Waals surface area contributed by atoms with Crippen molar-refractivity contribution >= 4 is 27.7 Å². The largest absolute Gasteiger partial charge is 0.352 e. The summed E-state index contributed by atoms with van der Waals surface area (Å²) >= 11 is 3.47. The maximum absolute atomic E-state index is 13.0. The predicted octanol–water partition coefficient (Wildman–Crippen LogP) is 4.63. The van der Waals surface area contributed by atoms with Gasteiger partial charge in [0.15, 0.2) is 0 Å². The Morgan fingerprint density at radius 1 is 1.04 bits per heavy atom. The lowest BCUT2D eigenvalue weighted by Gasteiger charge is -2.29. The Morgan fingerprint density at radius 2 is 1.71 bits per heavy atom. The number of rotatable bonds is 8. The van der Waals surface area contributed by atoms with Crippen molar-refractivity contribution in [3.63, 3.8) is 0 Å². The third-order valence-corrected chi connectivity index (χ3v) is 5.08. The van der Waals surface area contributed by atoms with Crippen LogP contribution in [-0.4, -0.2) is 28.8 Å². The molecule has 0 fully saturated rings. The molecular weight excluding hydrogens is 416 g/mol. The van der Waals surface area contributed by atoms with Crippen LogP contribution in [0.5, 0.6) is 0 Å². The predicted molar refractivity (Wildman–Crippen MR) is 117 cm³/mol. The van der Waals surface area contributed by atoms with Crippen LogP contribution in [0.2, 0.25) is 0 Å². The zero-order valence-corrected chi connectivity index (χ0v) is 18.6. The maximum atomic E-state index is 13.0. The molecule has 4 nitrogen and oxygen atoms in total. The lowest BCUT2D eigenvalue weighted by atomic mass is 10.1. The second-order valence-corrected chi connectivity index (χ2v) is 8.39. The first-order valence-electron chi connectivity index (χ1n) is 9.66. The van der Waals surface area contributed by atoms with E-state index in [0.29, 0.717) is 19.4 Å². The molecule has 28 heavy (non-hydrogen) atoms. The molecule has 5 heteroatoms. The molecule has 1 N–H and O–H groups in total. The maximum Gasteiger partial charge on any atom is 0.242 e. The molecule has 150 valence electrons. The van der Waals surface area contributed by atoms with Crippen molar-refractivity contribution in [3.8, 4) is 0 Å². The second kappa shape index (κ2) is 10.4. The number of aryl methyl sites for hydroxylation is 2. The second-order valence-electron chi connectivity index (χ2n) is 7.48. The molecule has 0 aromatic heterocycles. The van der Waals surface area contributed by atoms with Crippen molar-refractivity contribution in [2.24, 2.45) is 0 Å². The number of nitrogens with zero attached hydrogens (tertiary/aromatic N) is 1. The fourth-order valence-electron chi connectivity index (χ4n) is 2.97.